The molecular formula is C15H13N5OS. The van der Waals surface area contributed by atoms with Crippen LogP contribution in [0.4, 0.5) is 5.69 Å². The molecule has 4 heterocycles. The van der Waals surface area contributed by atoms with Crippen LogP contribution >= 0.6 is 11.3 Å². The summed E-state index contributed by atoms with van der Waals surface area (Å²) in [6, 6.07) is 3.83. The van der Waals surface area contributed by atoms with Gasteiger partial charge in [-0.1, -0.05) is 0 Å². The minimum absolute atomic E-state index is 0.00175. The summed E-state index contributed by atoms with van der Waals surface area (Å²) < 4.78 is 1.70. The van der Waals surface area contributed by atoms with Gasteiger partial charge in [-0.25, -0.2) is 4.98 Å². The van der Waals surface area contributed by atoms with E-state index in [1.807, 2.05) is 25.4 Å². The zero-order valence-corrected chi connectivity index (χ0v) is 12.7. The molecule has 1 aliphatic rings. The predicted octanol–water partition coefficient (Wildman–Crippen LogP) is 2.14. The molecule has 0 N–H and O–H groups in total. The zero-order valence-electron chi connectivity index (χ0n) is 11.9. The molecule has 22 heavy (non-hydrogen) atoms. The van der Waals surface area contributed by atoms with E-state index in [0.29, 0.717) is 11.4 Å². The first-order valence-electron chi connectivity index (χ1n) is 6.93. The zero-order chi connectivity index (χ0) is 15.1. The fraction of sp³-hybridized carbons (Fsp3) is 0.200. The summed E-state index contributed by atoms with van der Waals surface area (Å²) in [6.07, 6.45) is 7.82. The van der Waals surface area contributed by atoms with E-state index in [4.69, 9.17) is 0 Å². The Morgan fingerprint density at radius 2 is 2.23 bits per heavy atom. The number of anilines is 1. The second kappa shape index (κ2) is 5.03. The van der Waals surface area contributed by atoms with Gasteiger partial charge in [-0.15, -0.1) is 11.3 Å². The second-order valence-corrected chi connectivity index (χ2v) is 6.11. The molecule has 0 fully saturated rings. The van der Waals surface area contributed by atoms with E-state index in [1.54, 1.807) is 28.2 Å². The van der Waals surface area contributed by atoms with Crippen molar-refractivity contribution in [2.24, 2.45) is 7.05 Å². The van der Waals surface area contributed by atoms with Crippen molar-refractivity contribution in [1.29, 1.82) is 0 Å². The summed E-state index contributed by atoms with van der Waals surface area (Å²) in [6.45, 7) is 0.633. The van der Waals surface area contributed by atoms with Gasteiger partial charge < -0.3 is 4.90 Å². The molecule has 7 heteroatoms. The fourth-order valence-electron chi connectivity index (χ4n) is 2.54. The molecule has 0 bridgehead atoms. The van der Waals surface area contributed by atoms with Gasteiger partial charge in [0.2, 0.25) is 0 Å². The number of aromatic nitrogens is 4. The second-order valence-electron chi connectivity index (χ2n) is 5.12. The number of fused-ring (bicyclic) bond motifs is 1. The van der Waals surface area contributed by atoms with Crippen molar-refractivity contribution in [2.75, 3.05) is 11.4 Å². The molecule has 0 unspecified atom stereocenters. The molecule has 0 saturated carbocycles. The standard InChI is InChI=1S/C15H13N5OS/c1-19-9-11(8-17-19)20-6-4-12-13(15(20)21)22-14(18-12)10-3-2-5-16-7-10/h2-3,5,7-9H,4,6H2,1H3. The third-order valence-corrected chi connectivity index (χ3v) is 4.76. The molecule has 0 spiro atoms. The van der Waals surface area contributed by atoms with Crippen molar-refractivity contribution < 1.29 is 4.79 Å². The van der Waals surface area contributed by atoms with Crippen LogP contribution in [0, 0.1) is 0 Å². The molecule has 0 atom stereocenters. The van der Waals surface area contributed by atoms with Crippen LogP contribution in [0.5, 0.6) is 0 Å². The Kier molecular flexibility index (Phi) is 3.00. The van der Waals surface area contributed by atoms with E-state index in [1.165, 1.54) is 11.3 Å². The highest BCUT2D eigenvalue weighted by Crippen LogP contribution is 2.32. The number of hydrogen-bond acceptors (Lipinski definition) is 5. The molecule has 3 aromatic heterocycles. The van der Waals surface area contributed by atoms with Crippen LogP contribution in [0.15, 0.2) is 36.9 Å². The summed E-state index contributed by atoms with van der Waals surface area (Å²) in [5.41, 5.74) is 2.66. The molecule has 1 aliphatic heterocycles. The largest absolute Gasteiger partial charge is 0.304 e. The van der Waals surface area contributed by atoms with Crippen molar-refractivity contribution >= 4 is 22.9 Å². The number of carbonyl (C=O) groups excluding carboxylic acids is 1. The highest BCUT2D eigenvalue weighted by atomic mass is 32.1. The lowest BCUT2D eigenvalue weighted by Crippen LogP contribution is -2.36. The molecule has 0 saturated heterocycles. The maximum absolute atomic E-state index is 12.7. The van der Waals surface area contributed by atoms with Crippen LogP contribution in [0.1, 0.15) is 15.4 Å². The highest BCUT2D eigenvalue weighted by Gasteiger charge is 2.30. The van der Waals surface area contributed by atoms with Gasteiger partial charge in [0.15, 0.2) is 0 Å². The number of nitrogens with zero attached hydrogens (tertiary/aromatic N) is 5. The summed E-state index contributed by atoms with van der Waals surface area (Å²) in [5, 5.41) is 4.98. The summed E-state index contributed by atoms with van der Waals surface area (Å²) >= 11 is 1.43. The van der Waals surface area contributed by atoms with Crippen LogP contribution in [0.25, 0.3) is 10.6 Å². The number of thiazole rings is 1. The van der Waals surface area contributed by atoms with Gasteiger partial charge in [0.05, 0.1) is 17.6 Å². The maximum Gasteiger partial charge on any atom is 0.270 e. The van der Waals surface area contributed by atoms with E-state index in [2.05, 4.69) is 15.1 Å². The van der Waals surface area contributed by atoms with Crippen LogP contribution in [0.2, 0.25) is 0 Å². The first-order valence-corrected chi connectivity index (χ1v) is 7.74. The topological polar surface area (TPSA) is 63.9 Å². The first kappa shape index (κ1) is 13.1. The molecule has 0 aromatic carbocycles. The number of carbonyl (C=O) groups is 1. The maximum atomic E-state index is 12.7. The van der Waals surface area contributed by atoms with Gasteiger partial charge in [0.25, 0.3) is 5.91 Å². The van der Waals surface area contributed by atoms with Crippen LogP contribution in [0.3, 0.4) is 0 Å². The van der Waals surface area contributed by atoms with Gasteiger partial charge in [0, 0.05) is 44.2 Å². The SMILES string of the molecule is Cn1cc(N2CCc3nc(-c4cccnc4)sc3C2=O)cn1. The lowest BCUT2D eigenvalue weighted by molar-refractivity contribution is 0.0984. The molecule has 6 nitrogen and oxygen atoms in total. The predicted molar refractivity (Wildman–Crippen MR) is 83.9 cm³/mol. The normalized spacial score (nSPS) is 14.2. The van der Waals surface area contributed by atoms with Crippen molar-refractivity contribution in [3.8, 4) is 10.6 Å². The van der Waals surface area contributed by atoms with E-state index in [0.717, 1.165) is 28.4 Å². The van der Waals surface area contributed by atoms with Gasteiger partial charge in [-0.3, -0.25) is 14.5 Å². The highest BCUT2D eigenvalue weighted by molar-refractivity contribution is 7.17. The number of hydrogen-bond donors (Lipinski definition) is 0. The monoisotopic (exact) mass is 311 g/mol. The average molecular weight is 311 g/mol. The number of pyridine rings is 1. The summed E-state index contributed by atoms with van der Waals surface area (Å²) in [7, 11) is 1.84. The van der Waals surface area contributed by atoms with Crippen molar-refractivity contribution in [3.05, 3.63) is 47.5 Å². The Balaban J connectivity index is 1.71. The molecule has 0 radical (unpaired) electrons. The van der Waals surface area contributed by atoms with Gasteiger partial charge >= 0.3 is 0 Å². The molecule has 0 aliphatic carbocycles. The lowest BCUT2D eigenvalue weighted by atomic mass is 10.1. The minimum Gasteiger partial charge on any atom is -0.304 e. The van der Waals surface area contributed by atoms with E-state index in [9.17, 15) is 4.79 Å². The first-order chi connectivity index (χ1) is 10.7. The fourth-order valence-corrected chi connectivity index (χ4v) is 3.59. The molecular weight excluding hydrogens is 298 g/mol. The Bertz CT molecular complexity index is 839. The van der Waals surface area contributed by atoms with Crippen molar-refractivity contribution in [1.82, 2.24) is 19.7 Å². The third-order valence-electron chi connectivity index (χ3n) is 3.62. The number of amides is 1. The van der Waals surface area contributed by atoms with Crippen LogP contribution in [-0.4, -0.2) is 32.2 Å². The Labute approximate surface area is 131 Å². The Hall–Kier alpha value is -2.54. The lowest BCUT2D eigenvalue weighted by Gasteiger charge is -2.24. The van der Waals surface area contributed by atoms with Crippen molar-refractivity contribution in [3.63, 3.8) is 0 Å². The van der Waals surface area contributed by atoms with E-state index >= 15 is 0 Å². The van der Waals surface area contributed by atoms with Gasteiger partial charge in [0.1, 0.15) is 9.88 Å². The van der Waals surface area contributed by atoms with E-state index < -0.39 is 0 Å². The van der Waals surface area contributed by atoms with Crippen LogP contribution in [-0.2, 0) is 13.5 Å². The molecule has 4 rings (SSSR count). The van der Waals surface area contributed by atoms with Gasteiger partial charge in [-0.2, -0.15) is 5.10 Å². The van der Waals surface area contributed by atoms with Gasteiger partial charge in [-0.05, 0) is 12.1 Å². The average Bonchev–Trinajstić information content (AvgIpc) is 3.15. The smallest absolute Gasteiger partial charge is 0.270 e. The van der Waals surface area contributed by atoms with E-state index in [-0.39, 0.29) is 5.91 Å². The quantitative estimate of drug-likeness (QED) is 0.727. The molecule has 3 aromatic rings. The van der Waals surface area contributed by atoms with Crippen LogP contribution < -0.4 is 4.90 Å². The molecule has 110 valence electrons. The summed E-state index contributed by atoms with van der Waals surface area (Å²) in [4.78, 5) is 23.9. The number of rotatable bonds is 2. The Morgan fingerprint density at radius 1 is 1.32 bits per heavy atom. The molecule has 1 amide bonds. The Morgan fingerprint density at radius 3 is 2.95 bits per heavy atom. The number of aryl methyl sites for hydroxylation is 1. The minimum atomic E-state index is 0.00175. The third kappa shape index (κ3) is 2.10. The van der Waals surface area contributed by atoms with Crippen molar-refractivity contribution in [2.45, 2.75) is 6.42 Å². The summed E-state index contributed by atoms with van der Waals surface area (Å²) in [5.74, 6) is 0.00175.